The first kappa shape index (κ1) is 48.0. The van der Waals surface area contributed by atoms with E-state index in [2.05, 4.69) is 68.5 Å². The lowest BCUT2D eigenvalue weighted by atomic mass is 10.1. The number of hydrogen-bond donors (Lipinski definition) is 0. The first-order valence-electron chi connectivity index (χ1n) is 19.8. The van der Waals surface area contributed by atoms with Gasteiger partial charge in [0.25, 0.3) is 0 Å². The summed E-state index contributed by atoms with van der Waals surface area (Å²) >= 11 is 0. The molecule has 0 radical (unpaired) electrons. The third-order valence-electron chi connectivity index (χ3n) is 8.40. The molecule has 0 rings (SSSR count). The molecule has 0 aliphatic carbocycles. The van der Waals surface area contributed by atoms with E-state index < -0.39 is 18.1 Å². The number of aliphatic carboxylic acids is 1. The number of carbonyl (C=O) groups excluding carboxylic acids is 3. The minimum absolute atomic E-state index is 0.0189. The summed E-state index contributed by atoms with van der Waals surface area (Å²) in [6, 6.07) is -0.732. The first-order chi connectivity index (χ1) is 24.6. The van der Waals surface area contributed by atoms with E-state index in [4.69, 9.17) is 14.2 Å². The highest BCUT2D eigenvalue weighted by Gasteiger charge is 2.25. The Morgan fingerprint density at radius 2 is 1.14 bits per heavy atom. The van der Waals surface area contributed by atoms with Crippen LogP contribution in [0.15, 0.2) is 60.8 Å². The minimum Gasteiger partial charge on any atom is -0.544 e. The molecule has 0 aromatic carbocycles. The van der Waals surface area contributed by atoms with E-state index in [1.54, 1.807) is 21.1 Å². The van der Waals surface area contributed by atoms with E-state index >= 15 is 0 Å². The fourth-order valence-electron chi connectivity index (χ4n) is 5.31. The number of hydrogen-bond acceptors (Lipinski definition) is 7. The third-order valence-corrected chi connectivity index (χ3v) is 8.40. The lowest BCUT2D eigenvalue weighted by Crippen LogP contribution is -2.55. The van der Waals surface area contributed by atoms with Gasteiger partial charge in [-0.25, -0.2) is 0 Å². The van der Waals surface area contributed by atoms with Crippen LogP contribution in [0.3, 0.4) is 0 Å². The molecular weight excluding hydrogens is 642 g/mol. The predicted octanol–water partition coefficient (Wildman–Crippen LogP) is 8.91. The van der Waals surface area contributed by atoms with E-state index in [9.17, 15) is 19.5 Å². The third kappa shape index (κ3) is 32.7. The van der Waals surface area contributed by atoms with Gasteiger partial charge in [-0.15, -0.1) is 0 Å². The van der Waals surface area contributed by atoms with E-state index in [0.29, 0.717) is 12.8 Å². The molecule has 0 spiro atoms. The number of carboxylic acids is 1. The van der Waals surface area contributed by atoms with Gasteiger partial charge in [0.1, 0.15) is 12.6 Å². The lowest BCUT2D eigenvalue weighted by Gasteiger charge is -2.34. The second-order valence-electron chi connectivity index (χ2n) is 14.1. The number of ether oxygens (including phenoxy) is 3. The molecule has 292 valence electrons. The smallest absolute Gasteiger partial charge is 0.306 e. The van der Waals surface area contributed by atoms with E-state index in [-0.39, 0.29) is 49.1 Å². The van der Waals surface area contributed by atoms with Gasteiger partial charge >= 0.3 is 11.9 Å². The number of esters is 2. The Hall–Kier alpha value is -2.97. The van der Waals surface area contributed by atoms with Gasteiger partial charge in [-0.05, 0) is 64.2 Å². The Bertz CT molecular complexity index is 1020. The average molecular weight is 716 g/mol. The Morgan fingerprint density at radius 3 is 1.73 bits per heavy atom. The maximum Gasteiger partial charge on any atom is 0.306 e. The minimum atomic E-state index is -1.14. The van der Waals surface area contributed by atoms with Crippen LogP contribution in [0.5, 0.6) is 0 Å². The summed E-state index contributed by atoms with van der Waals surface area (Å²) < 4.78 is 17.0. The van der Waals surface area contributed by atoms with Crippen LogP contribution >= 0.6 is 0 Å². The van der Waals surface area contributed by atoms with Gasteiger partial charge in [-0.3, -0.25) is 9.59 Å². The second-order valence-corrected chi connectivity index (χ2v) is 14.1. The molecule has 0 saturated heterocycles. The second kappa shape index (κ2) is 34.1. The van der Waals surface area contributed by atoms with Crippen molar-refractivity contribution >= 4 is 17.9 Å². The topological polar surface area (TPSA) is 102 Å². The Labute approximate surface area is 311 Å². The van der Waals surface area contributed by atoms with Crippen molar-refractivity contribution in [1.82, 2.24) is 0 Å². The van der Waals surface area contributed by atoms with Gasteiger partial charge in [0, 0.05) is 19.3 Å². The lowest BCUT2D eigenvalue weighted by molar-refractivity contribution is -0.889. The summed E-state index contributed by atoms with van der Waals surface area (Å²) in [5.41, 5.74) is 0. The highest BCUT2D eigenvalue weighted by Crippen LogP contribution is 2.12. The van der Waals surface area contributed by atoms with Gasteiger partial charge in [0.05, 0.1) is 40.3 Å². The normalized spacial score (nSPS) is 13.7. The van der Waals surface area contributed by atoms with Crippen molar-refractivity contribution in [2.24, 2.45) is 0 Å². The molecule has 8 heteroatoms. The maximum atomic E-state index is 12.5. The van der Waals surface area contributed by atoms with Crippen molar-refractivity contribution in [3.63, 3.8) is 0 Å². The van der Waals surface area contributed by atoms with Crippen LogP contribution in [-0.4, -0.2) is 75.5 Å². The highest BCUT2D eigenvalue weighted by molar-refractivity contribution is 5.70. The van der Waals surface area contributed by atoms with Crippen molar-refractivity contribution in [2.45, 2.75) is 154 Å². The van der Waals surface area contributed by atoms with Crippen LogP contribution in [0.25, 0.3) is 0 Å². The molecule has 0 aromatic rings. The SMILES string of the molecule is CC/C=C/C/C=C/C/C=C/C/C=C/CCCCCCCCCC(=O)OCC(COCCC(C(=O)[O-])[N+](C)(C)C)OC(=O)CC/C=C/CCCCC. The average Bonchev–Trinajstić information content (AvgIpc) is 3.08. The summed E-state index contributed by atoms with van der Waals surface area (Å²) in [6.45, 7) is 4.40. The van der Waals surface area contributed by atoms with Gasteiger partial charge in [-0.1, -0.05) is 120 Å². The van der Waals surface area contributed by atoms with Crippen molar-refractivity contribution < 1.29 is 38.2 Å². The summed E-state index contributed by atoms with van der Waals surface area (Å²) in [4.78, 5) is 36.5. The molecule has 51 heavy (non-hydrogen) atoms. The van der Waals surface area contributed by atoms with Crippen LogP contribution < -0.4 is 5.11 Å². The molecule has 0 aromatic heterocycles. The molecule has 0 heterocycles. The number of carbonyl (C=O) groups is 3. The molecular formula is C43H73NO7. The summed E-state index contributed by atoms with van der Waals surface area (Å²) in [5.74, 6) is -1.83. The zero-order valence-electron chi connectivity index (χ0n) is 33.0. The van der Waals surface area contributed by atoms with E-state index in [1.165, 1.54) is 38.5 Å². The maximum absolute atomic E-state index is 12.5. The Balaban J connectivity index is 4.29. The van der Waals surface area contributed by atoms with Crippen molar-refractivity contribution in [2.75, 3.05) is 41.0 Å². The number of unbranched alkanes of at least 4 members (excludes halogenated alkanes) is 10. The Kier molecular flexibility index (Phi) is 32.1. The van der Waals surface area contributed by atoms with Gasteiger partial charge in [-0.2, -0.15) is 0 Å². The van der Waals surface area contributed by atoms with Crippen molar-refractivity contribution in [1.29, 1.82) is 0 Å². The highest BCUT2D eigenvalue weighted by atomic mass is 16.6. The number of rotatable bonds is 34. The number of quaternary nitrogens is 1. The molecule has 8 nitrogen and oxygen atoms in total. The standard InChI is InChI=1S/C43H73NO7/c1-6-8-10-12-14-15-16-17-18-19-20-21-22-23-24-25-26-28-29-31-33-41(45)50-38-39(37-49-36-35-40(43(47)48)44(3,4)5)51-42(46)34-32-30-27-13-11-9-7-2/h8,10,14-15,17-18,20-21,27,30,39-40H,6-7,9,11-13,16,19,22-26,28-29,31-38H2,1-5H3/b10-8+,15-14+,18-17+,21-20+,30-27+. The van der Waals surface area contributed by atoms with Crippen molar-refractivity contribution in [3.05, 3.63) is 60.8 Å². The zero-order chi connectivity index (χ0) is 37.8. The molecule has 0 amide bonds. The summed E-state index contributed by atoms with van der Waals surface area (Å²) in [6.07, 6.45) is 39.9. The quantitative estimate of drug-likeness (QED) is 0.0284. The largest absolute Gasteiger partial charge is 0.544 e. The van der Waals surface area contributed by atoms with E-state index in [0.717, 1.165) is 64.2 Å². The molecule has 2 unspecified atom stereocenters. The molecule has 0 bridgehead atoms. The first-order valence-corrected chi connectivity index (χ1v) is 19.8. The molecule has 0 saturated carbocycles. The molecule has 2 atom stereocenters. The fraction of sp³-hybridized carbons (Fsp3) is 0.698. The van der Waals surface area contributed by atoms with Gasteiger partial charge in [0.15, 0.2) is 6.10 Å². The van der Waals surface area contributed by atoms with Crippen LogP contribution in [-0.2, 0) is 28.6 Å². The summed E-state index contributed by atoms with van der Waals surface area (Å²) in [7, 11) is 5.37. The fourth-order valence-corrected chi connectivity index (χ4v) is 5.31. The van der Waals surface area contributed by atoms with Crippen LogP contribution in [0.2, 0.25) is 0 Å². The number of allylic oxidation sites excluding steroid dienone is 10. The molecule has 0 fully saturated rings. The number of nitrogens with zero attached hydrogens (tertiary/aromatic N) is 1. The van der Waals surface area contributed by atoms with Gasteiger partial charge in [0.2, 0.25) is 0 Å². The molecule has 0 N–H and O–H groups in total. The van der Waals surface area contributed by atoms with Crippen molar-refractivity contribution in [3.8, 4) is 0 Å². The monoisotopic (exact) mass is 716 g/mol. The molecule has 0 aliphatic rings. The van der Waals surface area contributed by atoms with Gasteiger partial charge < -0.3 is 28.6 Å². The van der Waals surface area contributed by atoms with Crippen LogP contribution in [0, 0.1) is 0 Å². The Morgan fingerprint density at radius 1 is 0.608 bits per heavy atom. The van der Waals surface area contributed by atoms with Crippen LogP contribution in [0.4, 0.5) is 0 Å². The number of likely N-dealkylation sites (N-methyl/N-ethyl adjacent to an activating group) is 1. The predicted molar refractivity (Wildman–Crippen MR) is 208 cm³/mol. The van der Waals surface area contributed by atoms with Crippen LogP contribution in [0.1, 0.15) is 142 Å². The van der Waals surface area contributed by atoms with E-state index in [1.807, 2.05) is 6.08 Å². The summed E-state index contributed by atoms with van der Waals surface area (Å²) in [5, 5.41) is 11.6. The number of carboxylic acid groups (broad SMARTS) is 1. The zero-order valence-corrected chi connectivity index (χ0v) is 33.0. The molecule has 0 aliphatic heterocycles.